The molecule has 1 atom stereocenters. The predicted molar refractivity (Wildman–Crippen MR) is 101 cm³/mol. The second-order valence-corrected chi connectivity index (χ2v) is 6.49. The summed E-state index contributed by atoms with van der Waals surface area (Å²) in [6.07, 6.45) is 1.57. The van der Waals surface area contributed by atoms with Crippen molar-refractivity contribution < 1.29 is 0 Å². The first-order valence-corrected chi connectivity index (χ1v) is 8.51. The van der Waals surface area contributed by atoms with Gasteiger partial charge in [-0.15, -0.1) is 5.10 Å². The lowest BCUT2D eigenvalue weighted by molar-refractivity contribution is 0.607. The molecule has 0 unspecified atom stereocenters. The Morgan fingerprint density at radius 1 is 1.00 bits per heavy atom. The highest BCUT2D eigenvalue weighted by atomic mass is 16.1. The number of fused-ring (bicyclic) bond motifs is 1. The van der Waals surface area contributed by atoms with Gasteiger partial charge in [-0.2, -0.15) is 4.68 Å². The van der Waals surface area contributed by atoms with Crippen LogP contribution in [0.1, 0.15) is 29.7 Å². The summed E-state index contributed by atoms with van der Waals surface area (Å²) in [6.45, 7) is 6.07. The minimum atomic E-state index is -0.193. The Morgan fingerprint density at radius 2 is 1.77 bits per heavy atom. The van der Waals surface area contributed by atoms with Crippen molar-refractivity contribution in [3.05, 3.63) is 81.9 Å². The van der Waals surface area contributed by atoms with Crippen LogP contribution in [0.3, 0.4) is 0 Å². The van der Waals surface area contributed by atoms with Crippen molar-refractivity contribution in [2.45, 2.75) is 26.8 Å². The van der Waals surface area contributed by atoms with Gasteiger partial charge >= 0.3 is 0 Å². The van der Waals surface area contributed by atoms with E-state index in [0.29, 0.717) is 5.65 Å². The van der Waals surface area contributed by atoms with Crippen LogP contribution in [0, 0.1) is 13.8 Å². The molecule has 4 aromatic rings. The normalized spacial score (nSPS) is 12.4. The zero-order chi connectivity index (χ0) is 18.3. The molecule has 0 saturated heterocycles. The summed E-state index contributed by atoms with van der Waals surface area (Å²) in [7, 11) is 0. The van der Waals surface area contributed by atoms with Gasteiger partial charge in [0.1, 0.15) is 6.33 Å². The summed E-state index contributed by atoms with van der Waals surface area (Å²) >= 11 is 0. The molecule has 2 heterocycles. The molecule has 0 radical (unpaired) electrons. The van der Waals surface area contributed by atoms with Gasteiger partial charge in [-0.1, -0.05) is 41.6 Å². The van der Waals surface area contributed by atoms with E-state index in [9.17, 15) is 4.79 Å². The van der Waals surface area contributed by atoms with Gasteiger partial charge in [0.2, 0.25) is 0 Å². The molecular weight excluding hydrogens is 326 g/mol. The Morgan fingerprint density at radius 3 is 2.50 bits per heavy atom. The van der Waals surface area contributed by atoms with Gasteiger partial charge in [-0.25, -0.2) is 4.98 Å². The van der Waals surface area contributed by atoms with Crippen molar-refractivity contribution >= 4 is 11.2 Å². The van der Waals surface area contributed by atoms with Crippen LogP contribution in [0.4, 0.5) is 0 Å². The van der Waals surface area contributed by atoms with Crippen LogP contribution in [0.15, 0.2) is 59.7 Å². The van der Waals surface area contributed by atoms with Crippen molar-refractivity contribution in [2.75, 3.05) is 0 Å². The number of aryl methyl sites for hydroxylation is 2. The topological polar surface area (TPSA) is 65.6 Å². The highest BCUT2D eigenvalue weighted by Gasteiger charge is 2.17. The third-order valence-corrected chi connectivity index (χ3v) is 4.82. The fraction of sp³-hybridized carbons (Fsp3) is 0.200. The predicted octanol–water partition coefficient (Wildman–Crippen LogP) is 3.20. The van der Waals surface area contributed by atoms with Crippen molar-refractivity contribution in [3.63, 3.8) is 0 Å². The molecule has 0 aliphatic carbocycles. The number of benzene rings is 2. The first-order chi connectivity index (χ1) is 12.6. The van der Waals surface area contributed by atoms with Crippen LogP contribution in [0.2, 0.25) is 0 Å². The smallest absolute Gasteiger partial charge is 0.284 e. The minimum absolute atomic E-state index is 0.132. The fourth-order valence-electron chi connectivity index (χ4n) is 3.02. The summed E-state index contributed by atoms with van der Waals surface area (Å²) in [5, 5.41) is 8.26. The van der Waals surface area contributed by atoms with Gasteiger partial charge in [0.25, 0.3) is 5.56 Å². The molecular formula is C20H19N5O. The Bertz CT molecular complexity index is 1140. The second kappa shape index (κ2) is 6.22. The maximum atomic E-state index is 12.9. The average molecular weight is 345 g/mol. The number of rotatable bonds is 3. The molecule has 26 heavy (non-hydrogen) atoms. The molecule has 0 spiro atoms. The molecule has 0 saturated carbocycles. The van der Waals surface area contributed by atoms with E-state index in [1.54, 1.807) is 15.6 Å². The quantitative estimate of drug-likeness (QED) is 0.572. The van der Waals surface area contributed by atoms with E-state index in [2.05, 4.69) is 22.2 Å². The highest BCUT2D eigenvalue weighted by molar-refractivity contribution is 5.70. The Labute approximate surface area is 150 Å². The average Bonchev–Trinajstić information content (AvgIpc) is 3.09. The first-order valence-electron chi connectivity index (χ1n) is 8.51. The fourth-order valence-corrected chi connectivity index (χ4v) is 3.02. The van der Waals surface area contributed by atoms with Gasteiger partial charge in [0.05, 0.1) is 11.7 Å². The third kappa shape index (κ3) is 2.60. The molecule has 0 N–H and O–H groups in total. The summed E-state index contributed by atoms with van der Waals surface area (Å²) < 4.78 is 3.21. The Balaban J connectivity index is 1.83. The third-order valence-electron chi connectivity index (χ3n) is 4.82. The maximum absolute atomic E-state index is 12.9. The number of hydrogen-bond donors (Lipinski definition) is 0. The highest BCUT2D eigenvalue weighted by Crippen LogP contribution is 2.18. The Hall–Kier alpha value is -3.28. The van der Waals surface area contributed by atoms with E-state index < -0.39 is 0 Å². The molecule has 130 valence electrons. The summed E-state index contributed by atoms with van der Waals surface area (Å²) in [5.41, 5.74) is 4.78. The molecule has 0 bridgehead atoms. The molecule has 6 heteroatoms. The van der Waals surface area contributed by atoms with Gasteiger partial charge < -0.3 is 0 Å². The van der Waals surface area contributed by atoms with E-state index in [-0.39, 0.29) is 17.1 Å². The summed E-state index contributed by atoms with van der Waals surface area (Å²) in [5.74, 6) is 0. The standard InChI is InChI=1S/C20H19N5O/c1-13-9-10-17(11-14(13)2)25-19-18(22-23-25)20(26)24(12-21-19)15(3)16-7-5-4-6-8-16/h4-12,15H,1-3H3/t15-/m1/s1. The van der Waals surface area contributed by atoms with E-state index in [4.69, 9.17) is 0 Å². The number of aromatic nitrogens is 5. The molecule has 0 aliphatic heterocycles. The molecule has 0 amide bonds. The first kappa shape index (κ1) is 16.2. The van der Waals surface area contributed by atoms with Crippen molar-refractivity contribution in [1.29, 1.82) is 0 Å². The second-order valence-electron chi connectivity index (χ2n) is 6.49. The van der Waals surface area contributed by atoms with Gasteiger partial charge in [-0.05, 0) is 49.6 Å². The molecule has 2 aromatic heterocycles. The maximum Gasteiger partial charge on any atom is 0.284 e. The van der Waals surface area contributed by atoms with Crippen LogP contribution >= 0.6 is 0 Å². The minimum Gasteiger partial charge on any atom is -0.290 e. The van der Waals surface area contributed by atoms with Crippen LogP contribution in [-0.2, 0) is 0 Å². The van der Waals surface area contributed by atoms with Gasteiger partial charge in [-0.3, -0.25) is 9.36 Å². The lowest BCUT2D eigenvalue weighted by Crippen LogP contribution is -2.24. The van der Waals surface area contributed by atoms with E-state index >= 15 is 0 Å². The van der Waals surface area contributed by atoms with Crippen LogP contribution in [-0.4, -0.2) is 24.5 Å². The molecule has 0 fully saturated rings. The summed E-state index contributed by atoms with van der Waals surface area (Å²) in [4.78, 5) is 17.4. The van der Waals surface area contributed by atoms with Gasteiger partial charge in [0, 0.05) is 0 Å². The lowest BCUT2D eigenvalue weighted by atomic mass is 10.1. The van der Waals surface area contributed by atoms with Crippen molar-refractivity contribution in [1.82, 2.24) is 24.5 Å². The van der Waals surface area contributed by atoms with Crippen molar-refractivity contribution in [2.24, 2.45) is 0 Å². The van der Waals surface area contributed by atoms with Crippen LogP contribution in [0.25, 0.3) is 16.9 Å². The molecule has 0 aliphatic rings. The van der Waals surface area contributed by atoms with E-state index in [1.807, 2.05) is 62.4 Å². The lowest BCUT2D eigenvalue weighted by Gasteiger charge is -2.14. The van der Waals surface area contributed by atoms with Crippen LogP contribution in [0.5, 0.6) is 0 Å². The number of hydrogen-bond acceptors (Lipinski definition) is 4. The summed E-state index contributed by atoms with van der Waals surface area (Å²) in [6, 6.07) is 15.7. The molecule has 4 rings (SSSR count). The largest absolute Gasteiger partial charge is 0.290 e. The van der Waals surface area contributed by atoms with E-state index in [1.165, 1.54) is 5.56 Å². The van der Waals surface area contributed by atoms with E-state index in [0.717, 1.165) is 16.8 Å². The monoisotopic (exact) mass is 345 g/mol. The van der Waals surface area contributed by atoms with Gasteiger partial charge in [0.15, 0.2) is 11.2 Å². The molecule has 2 aromatic carbocycles. The number of nitrogens with zero attached hydrogens (tertiary/aromatic N) is 5. The SMILES string of the molecule is Cc1ccc(-n2nnc3c(=O)n([C@H](C)c4ccccc4)cnc32)cc1C. The molecule has 6 nitrogen and oxygen atoms in total. The van der Waals surface area contributed by atoms with Crippen molar-refractivity contribution in [3.8, 4) is 5.69 Å². The zero-order valence-corrected chi connectivity index (χ0v) is 14.9. The van der Waals surface area contributed by atoms with Crippen LogP contribution < -0.4 is 5.56 Å². The Kier molecular flexibility index (Phi) is 3.88. The zero-order valence-electron chi connectivity index (χ0n) is 14.9.